The summed E-state index contributed by atoms with van der Waals surface area (Å²) in [4.78, 5) is 12.3. The van der Waals surface area contributed by atoms with Gasteiger partial charge in [0.15, 0.2) is 0 Å². The minimum atomic E-state index is -1.59. The van der Waals surface area contributed by atoms with Crippen LogP contribution in [0.15, 0.2) is 24.3 Å². The molecular formula is C14H20Cl3N2O+. The second-order valence-corrected chi connectivity index (χ2v) is 8.21. The van der Waals surface area contributed by atoms with Crippen LogP contribution in [0.1, 0.15) is 36.7 Å². The van der Waals surface area contributed by atoms with Crippen LogP contribution in [0.3, 0.4) is 0 Å². The number of nitrogens with two attached hydrogens (primary N) is 1. The number of carbonyl (C=O) groups excluding carboxylic acids is 1. The third-order valence-corrected chi connectivity index (χ3v) is 3.40. The fourth-order valence-electron chi connectivity index (χ4n) is 1.76. The minimum absolute atomic E-state index is 0.187. The maximum atomic E-state index is 12.3. The molecule has 1 aromatic carbocycles. The number of hydrogen-bond acceptors (Lipinski definition) is 1. The molecule has 0 aliphatic carbocycles. The average Bonchev–Trinajstić information content (AvgIpc) is 2.25. The Hall–Kier alpha value is -0.480. The van der Waals surface area contributed by atoms with Gasteiger partial charge in [0.1, 0.15) is 0 Å². The number of hydrogen-bond donors (Lipinski definition) is 2. The van der Waals surface area contributed by atoms with E-state index in [0.717, 1.165) is 5.56 Å². The van der Waals surface area contributed by atoms with Gasteiger partial charge in [-0.15, -0.1) is 0 Å². The molecule has 0 heterocycles. The standard InChI is InChI=1S/C14H19Cl3N2O/c1-9-7-5-6-8-10(9)11(20)18-12(14(15,16)17)19-13(2,3)4/h5-8,12,19H,1-4H3,(H,18,20)/p+1/t12-/m1/s1. The van der Waals surface area contributed by atoms with Gasteiger partial charge < -0.3 is 5.32 Å². The SMILES string of the molecule is Cc1ccccc1C(=O)N[C@H]([NH2+]C(C)(C)C)C(Cl)(Cl)Cl. The molecule has 112 valence electrons. The predicted octanol–water partition coefficient (Wildman–Crippen LogP) is 2.78. The molecule has 0 radical (unpaired) electrons. The molecule has 0 fully saturated rings. The molecule has 0 aliphatic rings. The van der Waals surface area contributed by atoms with Crippen LogP contribution >= 0.6 is 34.8 Å². The third-order valence-electron chi connectivity index (χ3n) is 2.70. The third kappa shape index (κ3) is 5.49. The highest BCUT2D eigenvalue weighted by atomic mass is 35.6. The van der Waals surface area contributed by atoms with Gasteiger partial charge in [-0.2, -0.15) is 0 Å². The Labute approximate surface area is 135 Å². The van der Waals surface area contributed by atoms with Gasteiger partial charge in [-0.3, -0.25) is 10.1 Å². The van der Waals surface area contributed by atoms with Crippen LogP contribution in [0.25, 0.3) is 0 Å². The van der Waals surface area contributed by atoms with Crippen LogP contribution in [0, 0.1) is 6.92 Å². The summed E-state index contributed by atoms with van der Waals surface area (Å²) in [6.45, 7) is 7.82. The van der Waals surface area contributed by atoms with Crippen molar-refractivity contribution in [2.75, 3.05) is 0 Å². The van der Waals surface area contributed by atoms with Crippen molar-refractivity contribution in [1.29, 1.82) is 0 Å². The minimum Gasteiger partial charge on any atom is -0.319 e. The van der Waals surface area contributed by atoms with Gasteiger partial charge in [-0.25, -0.2) is 0 Å². The Morgan fingerprint density at radius 1 is 1.20 bits per heavy atom. The molecule has 0 spiro atoms. The van der Waals surface area contributed by atoms with Crippen molar-refractivity contribution in [2.45, 2.75) is 43.2 Å². The Kier molecular flexibility index (Phi) is 5.73. The lowest BCUT2D eigenvalue weighted by Gasteiger charge is -2.29. The summed E-state index contributed by atoms with van der Waals surface area (Å²) in [5.41, 5.74) is 1.27. The first-order chi connectivity index (χ1) is 9.00. The molecule has 0 saturated heterocycles. The first-order valence-electron chi connectivity index (χ1n) is 6.30. The molecule has 0 bridgehead atoms. The van der Waals surface area contributed by atoms with Crippen molar-refractivity contribution in [3.8, 4) is 0 Å². The van der Waals surface area contributed by atoms with Gasteiger partial charge in [0.25, 0.3) is 9.70 Å². The molecule has 20 heavy (non-hydrogen) atoms. The van der Waals surface area contributed by atoms with Crippen molar-refractivity contribution >= 4 is 40.7 Å². The zero-order valence-corrected chi connectivity index (χ0v) is 14.3. The van der Waals surface area contributed by atoms with Crippen LogP contribution in [0.4, 0.5) is 0 Å². The predicted molar refractivity (Wildman–Crippen MR) is 84.4 cm³/mol. The van der Waals surface area contributed by atoms with Crippen LogP contribution < -0.4 is 10.6 Å². The van der Waals surface area contributed by atoms with Crippen molar-refractivity contribution in [2.24, 2.45) is 0 Å². The van der Waals surface area contributed by atoms with Crippen LogP contribution in [0.2, 0.25) is 0 Å². The van der Waals surface area contributed by atoms with E-state index in [9.17, 15) is 4.79 Å². The molecular weight excluding hydrogens is 319 g/mol. The number of benzene rings is 1. The van der Waals surface area contributed by atoms with Gasteiger partial charge in [0, 0.05) is 5.56 Å². The Morgan fingerprint density at radius 2 is 1.75 bits per heavy atom. The highest BCUT2D eigenvalue weighted by molar-refractivity contribution is 6.68. The zero-order valence-electron chi connectivity index (χ0n) is 12.0. The fraction of sp³-hybridized carbons (Fsp3) is 0.500. The maximum Gasteiger partial charge on any atom is 0.262 e. The van der Waals surface area contributed by atoms with Gasteiger partial charge >= 0.3 is 0 Å². The van der Waals surface area contributed by atoms with Crippen molar-refractivity contribution in [3.05, 3.63) is 35.4 Å². The summed E-state index contributed by atoms with van der Waals surface area (Å²) < 4.78 is -1.59. The summed E-state index contributed by atoms with van der Waals surface area (Å²) in [6, 6.07) is 7.30. The van der Waals surface area contributed by atoms with Gasteiger partial charge in [-0.1, -0.05) is 53.0 Å². The zero-order chi connectivity index (χ0) is 15.6. The Balaban J connectivity index is 2.91. The normalized spacial score (nSPS) is 13.9. The number of alkyl halides is 3. The lowest BCUT2D eigenvalue weighted by molar-refractivity contribution is -0.749. The van der Waals surface area contributed by atoms with Gasteiger partial charge in [0.2, 0.25) is 6.17 Å². The molecule has 0 unspecified atom stereocenters. The molecule has 1 rings (SSSR count). The molecule has 1 aromatic rings. The van der Waals surface area contributed by atoms with E-state index in [2.05, 4.69) is 5.32 Å². The molecule has 3 N–H and O–H groups in total. The Morgan fingerprint density at radius 3 is 2.20 bits per heavy atom. The number of nitrogens with one attached hydrogen (secondary N) is 1. The van der Waals surface area contributed by atoms with Crippen LogP contribution in [0.5, 0.6) is 0 Å². The number of quaternary nitrogens is 1. The van der Waals surface area contributed by atoms with Crippen LogP contribution in [-0.4, -0.2) is 21.4 Å². The van der Waals surface area contributed by atoms with Gasteiger partial charge in [-0.05, 0) is 39.3 Å². The summed E-state index contributed by atoms with van der Waals surface area (Å²) in [5.74, 6) is -0.250. The van der Waals surface area contributed by atoms with E-state index in [1.165, 1.54) is 0 Å². The topological polar surface area (TPSA) is 45.7 Å². The molecule has 0 saturated carbocycles. The number of amides is 1. The highest BCUT2D eigenvalue weighted by Crippen LogP contribution is 2.28. The summed E-state index contributed by atoms with van der Waals surface area (Å²) in [7, 11) is 0. The van der Waals surface area contributed by atoms with E-state index >= 15 is 0 Å². The van der Waals surface area contributed by atoms with E-state index in [0.29, 0.717) is 5.56 Å². The molecule has 6 heteroatoms. The molecule has 1 atom stereocenters. The molecule has 0 aromatic heterocycles. The number of rotatable bonds is 3. The molecule has 0 aliphatic heterocycles. The Bertz CT molecular complexity index is 478. The van der Waals surface area contributed by atoms with E-state index in [1.807, 2.05) is 45.1 Å². The summed E-state index contributed by atoms with van der Waals surface area (Å²) in [5, 5.41) is 4.61. The molecule has 1 amide bonds. The number of halogens is 3. The van der Waals surface area contributed by atoms with E-state index in [1.54, 1.807) is 12.1 Å². The lowest BCUT2D eigenvalue weighted by Crippen LogP contribution is -3.03. The van der Waals surface area contributed by atoms with Gasteiger partial charge in [0.05, 0.1) is 5.54 Å². The molecule has 3 nitrogen and oxygen atoms in total. The van der Waals surface area contributed by atoms with Crippen molar-refractivity contribution < 1.29 is 10.1 Å². The van der Waals surface area contributed by atoms with Crippen molar-refractivity contribution in [3.63, 3.8) is 0 Å². The highest BCUT2D eigenvalue weighted by Gasteiger charge is 2.40. The monoisotopic (exact) mass is 337 g/mol. The lowest BCUT2D eigenvalue weighted by atomic mass is 10.1. The largest absolute Gasteiger partial charge is 0.319 e. The van der Waals surface area contributed by atoms with Crippen LogP contribution in [-0.2, 0) is 0 Å². The summed E-state index contributed by atoms with van der Waals surface area (Å²) >= 11 is 17.9. The average molecular weight is 339 g/mol. The van der Waals surface area contributed by atoms with E-state index in [-0.39, 0.29) is 11.4 Å². The second kappa shape index (κ2) is 6.52. The second-order valence-electron chi connectivity index (χ2n) is 5.84. The van der Waals surface area contributed by atoms with E-state index < -0.39 is 9.96 Å². The maximum absolute atomic E-state index is 12.3. The van der Waals surface area contributed by atoms with E-state index in [4.69, 9.17) is 34.8 Å². The van der Waals surface area contributed by atoms with Crippen molar-refractivity contribution in [1.82, 2.24) is 5.32 Å². The quantitative estimate of drug-likeness (QED) is 0.646. The number of carbonyl (C=O) groups is 1. The summed E-state index contributed by atoms with van der Waals surface area (Å²) in [6.07, 6.45) is -0.667. The fourth-order valence-corrected chi connectivity index (χ4v) is 2.12. The first kappa shape index (κ1) is 17.6. The smallest absolute Gasteiger partial charge is 0.262 e. The first-order valence-corrected chi connectivity index (χ1v) is 7.43. The number of aryl methyl sites for hydroxylation is 1.